The summed E-state index contributed by atoms with van der Waals surface area (Å²) in [6, 6.07) is 15.9. The zero-order chi connectivity index (χ0) is 20.8. The fourth-order valence-corrected chi connectivity index (χ4v) is 4.71. The van der Waals surface area contributed by atoms with Crippen molar-refractivity contribution in [1.82, 2.24) is 15.2 Å². The Hall–Kier alpha value is -2.64. The van der Waals surface area contributed by atoms with Crippen molar-refractivity contribution in [3.8, 4) is 5.75 Å². The summed E-state index contributed by atoms with van der Waals surface area (Å²) >= 11 is 1.79. The zero-order valence-corrected chi connectivity index (χ0v) is 18.2. The van der Waals surface area contributed by atoms with Crippen molar-refractivity contribution in [2.24, 2.45) is 0 Å². The van der Waals surface area contributed by atoms with Crippen LogP contribution in [0, 0.1) is 0 Å². The van der Waals surface area contributed by atoms with Crippen molar-refractivity contribution in [2.75, 3.05) is 50.8 Å². The molecule has 30 heavy (non-hydrogen) atoms. The summed E-state index contributed by atoms with van der Waals surface area (Å²) in [5.74, 6) is 0.628. The molecule has 0 bridgehead atoms. The minimum Gasteiger partial charge on any atom is -0.484 e. The third kappa shape index (κ3) is 5.09. The smallest absolute Gasteiger partial charge is 0.257 e. The highest BCUT2D eigenvalue weighted by Crippen LogP contribution is 2.31. The average molecular weight is 425 g/mol. The van der Waals surface area contributed by atoms with Crippen molar-refractivity contribution >= 4 is 32.6 Å². The van der Waals surface area contributed by atoms with Crippen LogP contribution in [0.1, 0.15) is 12.5 Å². The average Bonchev–Trinajstić information content (AvgIpc) is 3.23. The van der Waals surface area contributed by atoms with Gasteiger partial charge in [0.15, 0.2) is 11.7 Å². The minimum absolute atomic E-state index is 0.0507. The molecule has 2 aromatic carbocycles. The Morgan fingerprint density at radius 1 is 1.10 bits per heavy atom. The van der Waals surface area contributed by atoms with Gasteiger partial charge in [-0.15, -0.1) is 0 Å². The van der Waals surface area contributed by atoms with Crippen LogP contribution in [0.4, 0.5) is 5.13 Å². The summed E-state index contributed by atoms with van der Waals surface area (Å²) in [7, 11) is 0. The van der Waals surface area contributed by atoms with Crippen LogP contribution in [0.3, 0.4) is 0 Å². The quantitative estimate of drug-likeness (QED) is 0.602. The lowest BCUT2D eigenvalue weighted by atomic mass is 10.1. The Labute approximate surface area is 181 Å². The molecule has 1 aliphatic rings. The van der Waals surface area contributed by atoms with Gasteiger partial charge >= 0.3 is 0 Å². The molecule has 0 spiro atoms. The molecule has 7 heteroatoms. The van der Waals surface area contributed by atoms with E-state index in [1.807, 2.05) is 30.3 Å². The molecule has 0 saturated carbocycles. The monoisotopic (exact) mass is 424 g/mol. The molecule has 0 unspecified atom stereocenters. The second kappa shape index (κ2) is 9.91. The van der Waals surface area contributed by atoms with E-state index in [4.69, 9.17) is 9.72 Å². The van der Waals surface area contributed by atoms with Crippen molar-refractivity contribution < 1.29 is 9.53 Å². The molecule has 158 valence electrons. The maximum Gasteiger partial charge on any atom is 0.257 e. The standard InChI is InChI=1S/C23H28N4O2S/c1-2-18-7-6-10-20-22(18)25-23(30-20)27-15-13-26(14-16-27)12-11-24-21(28)17-29-19-8-4-3-5-9-19/h3-10H,2,11-17H2,1H3,(H,24,28). The summed E-state index contributed by atoms with van der Waals surface area (Å²) in [6.07, 6.45) is 1.01. The lowest BCUT2D eigenvalue weighted by Gasteiger charge is -2.34. The van der Waals surface area contributed by atoms with E-state index in [-0.39, 0.29) is 12.5 Å². The van der Waals surface area contributed by atoms with E-state index >= 15 is 0 Å². The Bertz CT molecular complexity index is 968. The second-order valence-electron chi connectivity index (χ2n) is 7.39. The number of carbonyl (C=O) groups is 1. The molecule has 6 nitrogen and oxygen atoms in total. The third-order valence-electron chi connectivity index (χ3n) is 5.38. The van der Waals surface area contributed by atoms with Crippen LogP contribution in [0.5, 0.6) is 5.75 Å². The molecule has 2 heterocycles. The number of piperazine rings is 1. The van der Waals surface area contributed by atoms with Gasteiger partial charge in [0.2, 0.25) is 0 Å². The van der Waals surface area contributed by atoms with Gasteiger partial charge in [0.25, 0.3) is 5.91 Å². The molecule has 1 saturated heterocycles. The van der Waals surface area contributed by atoms with E-state index in [1.54, 1.807) is 11.3 Å². The summed E-state index contributed by atoms with van der Waals surface area (Å²) in [5.41, 5.74) is 2.48. The Balaban J connectivity index is 1.19. The number of nitrogens with one attached hydrogen (secondary N) is 1. The molecule has 4 rings (SSSR count). The lowest BCUT2D eigenvalue weighted by molar-refractivity contribution is -0.123. The molecule has 1 aromatic heterocycles. The summed E-state index contributed by atoms with van der Waals surface area (Å²) in [4.78, 5) is 21.7. The van der Waals surface area contributed by atoms with Crippen LogP contribution in [0.15, 0.2) is 48.5 Å². The van der Waals surface area contributed by atoms with E-state index in [9.17, 15) is 4.79 Å². The van der Waals surface area contributed by atoms with Crippen molar-refractivity contribution in [1.29, 1.82) is 0 Å². The van der Waals surface area contributed by atoms with Crippen LogP contribution in [0.2, 0.25) is 0 Å². The summed E-state index contributed by atoms with van der Waals surface area (Å²) in [6.45, 7) is 7.61. The van der Waals surface area contributed by atoms with Crippen molar-refractivity contribution in [3.63, 3.8) is 0 Å². The summed E-state index contributed by atoms with van der Waals surface area (Å²) in [5, 5.41) is 4.07. The van der Waals surface area contributed by atoms with E-state index in [1.165, 1.54) is 10.3 Å². The first-order valence-electron chi connectivity index (χ1n) is 10.5. The predicted octanol–water partition coefficient (Wildman–Crippen LogP) is 3.18. The number of nitrogens with zero attached hydrogens (tertiary/aromatic N) is 3. The maximum atomic E-state index is 12.0. The maximum absolute atomic E-state index is 12.0. The van der Waals surface area contributed by atoms with E-state index in [0.29, 0.717) is 12.3 Å². The number of amides is 1. The number of hydrogen-bond donors (Lipinski definition) is 1. The third-order valence-corrected chi connectivity index (χ3v) is 6.46. The van der Waals surface area contributed by atoms with E-state index in [0.717, 1.165) is 49.8 Å². The number of thiazole rings is 1. The van der Waals surface area contributed by atoms with Gasteiger partial charge in [0.05, 0.1) is 10.2 Å². The topological polar surface area (TPSA) is 57.7 Å². The number of ether oxygens (including phenoxy) is 1. The molecule has 0 radical (unpaired) electrons. The normalized spacial score (nSPS) is 14.8. The molecular weight excluding hydrogens is 396 g/mol. The van der Waals surface area contributed by atoms with E-state index in [2.05, 4.69) is 40.2 Å². The van der Waals surface area contributed by atoms with Gasteiger partial charge in [-0.25, -0.2) is 4.98 Å². The highest BCUT2D eigenvalue weighted by atomic mass is 32.1. The highest BCUT2D eigenvalue weighted by molar-refractivity contribution is 7.22. The molecule has 1 amide bonds. The lowest BCUT2D eigenvalue weighted by Crippen LogP contribution is -2.48. The number of aromatic nitrogens is 1. The molecule has 1 fully saturated rings. The van der Waals surface area contributed by atoms with Crippen molar-refractivity contribution in [3.05, 3.63) is 54.1 Å². The van der Waals surface area contributed by atoms with Crippen LogP contribution in [-0.4, -0.2) is 61.7 Å². The largest absolute Gasteiger partial charge is 0.484 e. The van der Waals surface area contributed by atoms with Gasteiger partial charge in [0, 0.05) is 39.3 Å². The SMILES string of the molecule is CCc1cccc2sc(N3CCN(CCNC(=O)COc4ccccc4)CC3)nc12. The number of anilines is 1. The molecule has 3 aromatic rings. The van der Waals surface area contributed by atoms with Gasteiger partial charge in [-0.1, -0.05) is 48.6 Å². The first-order chi connectivity index (χ1) is 14.7. The molecule has 1 N–H and O–H groups in total. The van der Waals surface area contributed by atoms with Crippen LogP contribution in [-0.2, 0) is 11.2 Å². The van der Waals surface area contributed by atoms with Crippen LogP contribution < -0.4 is 15.0 Å². The minimum atomic E-state index is -0.0845. The Morgan fingerprint density at radius 3 is 2.67 bits per heavy atom. The number of benzene rings is 2. The predicted molar refractivity (Wildman–Crippen MR) is 123 cm³/mol. The Kier molecular flexibility index (Phi) is 6.81. The highest BCUT2D eigenvalue weighted by Gasteiger charge is 2.20. The zero-order valence-electron chi connectivity index (χ0n) is 17.3. The first kappa shape index (κ1) is 20.6. The molecule has 1 aliphatic heterocycles. The number of para-hydroxylation sites is 2. The van der Waals surface area contributed by atoms with Gasteiger partial charge < -0.3 is 15.0 Å². The van der Waals surface area contributed by atoms with Gasteiger partial charge in [-0.05, 0) is 30.2 Å². The first-order valence-corrected chi connectivity index (χ1v) is 11.3. The number of carbonyl (C=O) groups excluding carboxylic acids is 1. The van der Waals surface area contributed by atoms with E-state index < -0.39 is 0 Å². The number of fused-ring (bicyclic) bond motifs is 1. The van der Waals surface area contributed by atoms with Gasteiger partial charge in [-0.3, -0.25) is 9.69 Å². The number of aryl methyl sites for hydroxylation is 1. The number of rotatable bonds is 8. The Morgan fingerprint density at radius 2 is 1.90 bits per heavy atom. The van der Waals surface area contributed by atoms with Crippen LogP contribution >= 0.6 is 11.3 Å². The molecule has 0 atom stereocenters. The van der Waals surface area contributed by atoms with Gasteiger partial charge in [-0.2, -0.15) is 0 Å². The van der Waals surface area contributed by atoms with Gasteiger partial charge in [0.1, 0.15) is 5.75 Å². The fraction of sp³-hybridized carbons (Fsp3) is 0.391. The number of hydrogen-bond acceptors (Lipinski definition) is 6. The van der Waals surface area contributed by atoms with Crippen LogP contribution in [0.25, 0.3) is 10.2 Å². The fourth-order valence-electron chi connectivity index (χ4n) is 3.65. The summed E-state index contributed by atoms with van der Waals surface area (Å²) < 4.78 is 6.75. The second-order valence-corrected chi connectivity index (χ2v) is 8.40. The molecule has 0 aliphatic carbocycles. The molecular formula is C23H28N4O2S. The van der Waals surface area contributed by atoms with Crippen molar-refractivity contribution in [2.45, 2.75) is 13.3 Å².